The fourth-order valence-corrected chi connectivity index (χ4v) is 3.76. The van der Waals surface area contributed by atoms with Crippen LogP contribution in [0.15, 0.2) is 41.8 Å². The average molecular weight is 363 g/mol. The van der Waals surface area contributed by atoms with Crippen molar-refractivity contribution >= 4 is 40.4 Å². The number of carbonyl (C=O) groups excluding carboxylic acids is 2. The number of rotatable bonds is 5. The molecule has 2 amide bonds. The molecule has 0 bridgehead atoms. The number of carbonyl (C=O) groups is 2. The number of nitrogens with zero attached hydrogens (tertiary/aromatic N) is 1. The van der Waals surface area contributed by atoms with Gasteiger partial charge in [-0.15, -0.1) is 11.3 Å². The van der Waals surface area contributed by atoms with Gasteiger partial charge in [-0.3, -0.25) is 9.59 Å². The zero-order valence-electron chi connectivity index (χ0n) is 13.2. The number of anilines is 1. The van der Waals surface area contributed by atoms with Crippen molar-refractivity contribution in [2.45, 2.75) is 31.7 Å². The Labute approximate surface area is 150 Å². The first kappa shape index (κ1) is 17.0. The summed E-state index contributed by atoms with van der Waals surface area (Å²) in [6.07, 6.45) is 2.76. The number of nitrogens with one attached hydrogen (secondary N) is 1. The lowest BCUT2D eigenvalue weighted by atomic mass is 10.1. The standard InChI is InChI=1S/C18H19ClN2O2S/c19-13-5-7-14(8-6-13)20-18(23)16-4-1-11-21(16)17(22)10-9-15-3-2-12-24-15/h2-3,5-8,12,16H,1,4,9-11H2,(H,20,23)/t16-/m1/s1. The molecular formula is C18H19ClN2O2S. The van der Waals surface area contributed by atoms with Crippen LogP contribution in [0.4, 0.5) is 5.69 Å². The summed E-state index contributed by atoms with van der Waals surface area (Å²) in [4.78, 5) is 27.9. The van der Waals surface area contributed by atoms with Crippen LogP contribution >= 0.6 is 22.9 Å². The van der Waals surface area contributed by atoms with E-state index in [0.717, 1.165) is 12.8 Å². The highest BCUT2D eigenvalue weighted by Crippen LogP contribution is 2.22. The van der Waals surface area contributed by atoms with E-state index >= 15 is 0 Å². The van der Waals surface area contributed by atoms with Gasteiger partial charge in [-0.05, 0) is 55.0 Å². The lowest BCUT2D eigenvalue weighted by molar-refractivity contribution is -0.136. The molecule has 0 saturated carbocycles. The minimum absolute atomic E-state index is 0.0529. The van der Waals surface area contributed by atoms with Crippen LogP contribution in [0.2, 0.25) is 5.02 Å². The van der Waals surface area contributed by atoms with Gasteiger partial charge in [0.05, 0.1) is 0 Å². The van der Waals surface area contributed by atoms with Crippen LogP contribution in [0.5, 0.6) is 0 Å². The second kappa shape index (κ2) is 7.81. The molecule has 24 heavy (non-hydrogen) atoms. The van der Waals surface area contributed by atoms with E-state index in [-0.39, 0.29) is 17.9 Å². The summed E-state index contributed by atoms with van der Waals surface area (Å²) >= 11 is 7.51. The van der Waals surface area contributed by atoms with E-state index in [4.69, 9.17) is 11.6 Å². The Morgan fingerprint density at radius 3 is 2.75 bits per heavy atom. The number of amides is 2. The molecular weight excluding hydrogens is 344 g/mol. The van der Waals surface area contributed by atoms with Crippen LogP contribution in [0.3, 0.4) is 0 Å². The lowest BCUT2D eigenvalue weighted by Gasteiger charge is -2.24. The van der Waals surface area contributed by atoms with E-state index in [1.807, 2.05) is 17.5 Å². The van der Waals surface area contributed by atoms with Crippen LogP contribution in [0, 0.1) is 0 Å². The lowest BCUT2D eigenvalue weighted by Crippen LogP contribution is -2.43. The maximum Gasteiger partial charge on any atom is 0.247 e. The Kier molecular flexibility index (Phi) is 5.53. The molecule has 3 rings (SSSR count). The van der Waals surface area contributed by atoms with E-state index < -0.39 is 0 Å². The largest absolute Gasteiger partial charge is 0.331 e. The Hall–Kier alpha value is -1.85. The predicted octanol–water partition coefficient (Wildman–Crippen LogP) is 3.96. The van der Waals surface area contributed by atoms with E-state index in [0.29, 0.717) is 30.1 Å². The number of thiophene rings is 1. The van der Waals surface area contributed by atoms with Gasteiger partial charge in [0.1, 0.15) is 6.04 Å². The van der Waals surface area contributed by atoms with Gasteiger partial charge >= 0.3 is 0 Å². The van der Waals surface area contributed by atoms with Gasteiger partial charge in [0.25, 0.3) is 0 Å². The topological polar surface area (TPSA) is 49.4 Å². The number of aryl methyl sites for hydroxylation is 1. The third kappa shape index (κ3) is 4.16. The number of benzene rings is 1. The molecule has 2 heterocycles. The van der Waals surface area contributed by atoms with Crippen molar-refractivity contribution in [2.75, 3.05) is 11.9 Å². The SMILES string of the molecule is O=C(Nc1ccc(Cl)cc1)[C@H]1CCCN1C(=O)CCc1cccs1. The molecule has 1 aromatic carbocycles. The van der Waals surface area contributed by atoms with Crippen molar-refractivity contribution in [1.82, 2.24) is 4.90 Å². The zero-order chi connectivity index (χ0) is 16.9. The molecule has 0 aliphatic carbocycles. The second-order valence-corrected chi connectivity index (χ2v) is 7.29. The van der Waals surface area contributed by atoms with Crippen LogP contribution < -0.4 is 5.32 Å². The fourth-order valence-electron chi connectivity index (χ4n) is 2.93. The monoisotopic (exact) mass is 362 g/mol. The van der Waals surface area contributed by atoms with Crippen LogP contribution in [0.1, 0.15) is 24.1 Å². The van der Waals surface area contributed by atoms with E-state index in [1.165, 1.54) is 4.88 Å². The molecule has 4 nitrogen and oxygen atoms in total. The number of hydrogen-bond donors (Lipinski definition) is 1. The molecule has 1 N–H and O–H groups in total. The summed E-state index contributed by atoms with van der Waals surface area (Å²) in [5.74, 6) is -0.0727. The summed E-state index contributed by atoms with van der Waals surface area (Å²) in [7, 11) is 0. The Morgan fingerprint density at radius 1 is 1.25 bits per heavy atom. The van der Waals surface area contributed by atoms with Crippen molar-refractivity contribution in [3.8, 4) is 0 Å². The van der Waals surface area contributed by atoms with Gasteiger partial charge in [0.15, 0.2) is 0 Å². The maximum atomic E-state index is 12.5. The fraction of sp³-hybridized carbons (Fsp3) is 0.333. The van der Waals surface area contributed by atoms with Gasteiger partial charge < -0.3 is 10.2 Å². The summed E-state index contributed by atoms with van der Waals surface area (Å²) < 4.78 is 0. The third-order valence-corrected chi connectivity index (χ3v) is 5.34. The molecule has 1 atom stereocenters. The quantitative estimate of drug-likeness (QED) is 0.875. The number of hydrogen-bond acceptors (Lipinski definition) is 3. The number of halogens is 1. The van der Waals surface area contributed by atoms with E-state index in [2.05, 4.69) is 5.32 Å². The van der Waals surface area contributed by atoms with E-state index in [1.54, 1.807) is 40.5 Å². The average Bonchev–Trinajstić information content (AvgIpc) is 3.26. The molecule has 1 aromatic heterocycles. The highest BCUT2D eigenvalue weighted by atomic mass is 35.5. The number of likely N-dealkylation sites (tertiary alicyclic amines) is 1. The first-order valence-corrected chi connectivity index (χ1v) is 9.27. The molecule has 2 aromatic rings. The van der Waals surface area contributed by atoms with Gasteiger partial charge in [-0.1, -0.05) is 17.7 Å². The summed E-state index contributed by atoms with van der Waals surface area (Å²) in [5, 5.41) is 5.51. The molecule has 126 valence electrons. The molecule has 1 aliphatic heterocycles. The molecule has 1 aliphatic rings. The molecule has 0 unspecified atom stereocenters. The third-order valence-electron chi connectivity index (χ3n) is 4.15. The van der Waals surface area contributed by atoms with Crippen LogP contribution in [0.25, 0.3) is 0 Å². The van der Waals surface area contributed by atoms with Crippen LogP contribution in [-0.4, -0.2) is 29.3 Å². The smallest absolute Gasteiger partial charge is 0.247 e. The highest BCUT2D eigenvalue weighted by Gasteiger charge is 2.33. The zero-order valence-corrected chi connectivity index (χ0v) is 14.8. The minimum Gasteiger partial charge on any atom is -0.331 e. The molecule has 1 fully saturated rings. The summed E-state index contributed by atoms with van der Waals surface area (Å²) in [6, 6.07) is 10.6. The van der Waals surface area contributed by atoms with Crippen molar-refractivity contribution in [2.24, 2.45) is 0 Å². The highest BCUT2D eigenvalue weighted by molar-refractivity contribution is 7.09. The molecule has 0 radical (unpaired) electrons. The van der Waals surface area contributed by atoms with Crippen molar-refractivity contribution in [1.29, 1.82) is 0 Å². The molecule has 0 spiro atoms. The van der Waals surface area contributed by atoms with Crippen molar-refractivity contribution in [3.63, 3.8) is 0 Å². The molecule has 6 heteroatoms. The molecule has 1 saturated heterocycles. The summed E-state index contributed by atoms with van der Waals surface area (Å²) in [6.45, 7) is 0.655. The Morgan fingerprint density at radius 2 is 2.04 bits per heavy atom. The predicted molar refractivity (Wildman–Crippen MR) is 97.5 cm³/mol. The Balaban J connectivity index is 1.58. The minimum atomic E-state index is -0.378. The summed E-state index contributed by atoms with van der Waals surface area (Å²) in [5.41, 5.74) is 0.697. The van der Waals surface area contributed by atoms with Gasteiger partial charge in [0, 0.05) is 28.6 Å². The first-order chi connectivity index (χ1) is 11.6. The Bertz CT molecular complexity index is 700. The van der Waals surface area contributed by atoms with Gasteiger partial charge in [-0.2, -0.15) is 0 Å². The second-order valence-electron chi connectivity index (χ2n) is 5.82. The first-order valence-electron chi connectivity index (χ1n) is 8.02. The van der Waals surface area contributed by atoms with E-state index in [9.17, 15) is 9.59 Å². The normalized spacial score (nSPS) is 17.0. The van der Waals surface area contributed by atoms with Crippen molar-refractivity contribution < 1.29 is 9.59 Å². The maximum absolute atomic E-state index is 12.5. The van der Waals surface area contributed by atoms with Gasteiger partial charge in [0.2, 0.25) is 11.8 Å². The van der Waals surface area contributed by atoms with Crippen LogP contribution in [-0.2, 0) is 16.0 Å². The van der Waals surface area contributed by atoms with Crippen molar-refractivity contribution in [3.05, 3.63) is 51.7 Å². The van der Waals surface area contributed by atoms with Gasteiger partial charge in [-0.25, -0.2) is 0 Å².